The molecule has 3 N–H and O–H groups in total. The summed E-state index contributed by atoms with van der Waals surface area (Å²) in [6, 6.07) is 2.55. The first-order valence-corrected chi connectivity index (χ1v) is 6.79. The Bertz CT molecular complexity index is 621. The Morgan fingerprint density at radius 1 is 1.32 bits per heavy atom. The SMILES string of the molecule is Cc1ccc([C@@](O)(CCNCc2cn[nH]c2C)C(F)(F)F)o1. The highest BCUT2D eigenvalue weighted by Crippen LogP contribution is 2.41. The number of aryl methyl sites for hydroxylation is 2. The molecule has 2 rings (SSSR count). The van der Waals surface area contributed by atoms with Gasteiger partial charge in [0.15, 0.2) is 0 Å². The van der Waals surface area contributed by atoms with Gasteiger partial charge in [-0.05, 0) is 32.5 Å². The topological polar surface area (TPSA) is 74.1 Å². The zero-order valence-electron chi connectivity index (χ0n) is 12.3. The molecule has 0 aliphatic heterocycles. The number of aromatic amines is 1. The number of nitrogens with one attached hydrogen (secondary N) is 2. The molecule has 2 heterocycles. The summed E-state index contributed by atoms with van der Waals surface area (Å²) in [5.74, 6) is -0.168. The zero-order chi connectivity index (χ0) is 16.4. The highest BCUT2D eigenvalue weighted by atomic mass is 19.4. The average Bonchev–Trinajstić information content (AvgIpc) is 3.02. The fraction of sp³-hybridized carbons (Fsp3) is 0.500. The number of rotatable bonds is 6. The van der Waals surface area contributed by atoms with E-state index < -0.39 is 24.0 Å². The molecule has 8 heteroatoms. The smallest absolute Gasteiger partial charge is 0.424 e. The summed E-state index contributed by atoms with van der Waals surface area (Å²) >= 11 is 0. The van der Waals surface area contributed by atoms with Gasteiger partial charge in [-0.1, -0.05) is 0 Å². The van der Waals surface area contributed by atoms with Crippen LogP contribution in [0.3, 0.4) is 0 Å². The van der Waals surface area contributed by atoms with Crippen LogP contribution in [0.2, 0.25) is 0 Å². The van der Waals surface area contributed by atoms with Crippen molar-refractivity contribution in [1.29, 1.82) is 0 Å². The lowest BCUT2D eigenvalue weighted by atomic mass is 9.95. The van der Waals surface area contributed by atoms with E-state index in [4.69, 9.17) is 4.42 Å². The van der Waals surface area contributed by atoms with Crippen LogP contribution in [-0.2, 0) is 12.1 Å². The van der Waals surface area contributed by atoms with Gasteiger partial charge in [-0.2, -0.15) is 18.3 Å². The van der Waals surface area contributed by atoms with Gasteiger partial charge in [-0.3, -0.25) is 5.10 Å². The molecule has 2 aromatic heterocycles. The van der Waals surface area contributed by atoms with Crippen molar-refractivity contribution in [3.05, 3.63) is 41.1 Å². The molecule has 0 bridgehead atoms. The van der Waals surface area contributed by atoms with E-state index in [1.165, 1.54) is 13.0 Å². The van der Waals surface area contributed by atoms with Crippen molar-refractivity contribution in [2.75, 3.05) is 6.54 Å². The minimum Gasteiger partial charge on any atom is -0.463 e. The Morgan fingerprint density at radius 2 is 2.05 bits per heavy atom. The number of aromatic nitrogens is 2. The van der Waals surface area contributed by atoms with Crippen LogP contribution in [0.15, 0.2) is 22.7 Å². The monoisotopic (exact) mass is 317 g/mol. The number of nitrogens with zero attached hydrogens (tertiary/aromatic N) is 1. The largest absolute Gasteiger partial charge is 0.463 e. The summed E-state index contributed by atoms with van der Waals surface area (Å²) in [6.45, 7) is 3.69. The van der Waals surface area contributed by atoms with Crippen LogP contribution in [0.25, 0.3) is 0 Å². The van der Waals surface area contributed by atoms with Crippen molar-refractivity contribution in [2.45, 2.75) is 38.6 Å². The Morgan fingerprint density at radius 3 is 2.55 bits per heavy atom. The van der Waals surface area contributed by atoms with Crippen LogP contribution in [0, 0.1) is 13.8 Å². The maximum atomic E-state index is 13.2. The molecule has 0 fully saturated rings. The molecule has 0 aliphatic rings. The number of hydrogen-bond donors (Lipinski definition) is 3. The van der Waals surface area contributed by atoms with Crippen LogP contribution in [-0.4, -0.2) is 28.0 Å². The van der Waals surface area contributed by atoms with Crippen molar-refractivity contribution in [1.82, 2.24) is 15.5 Å². The van der Waals surface area contributed by atoms with Crippen molar-refractivity contribution < 1.29 is 22.7 Å². The van der Waals surface area contributed by atoms with Gasteiger partial charge in [0.25, 0.3) is 0 Å². The van der Waals surface area contributed by atoms with Gasteiger partial charge < -0.3 is 14.8 Å². The summed E-state index contributed by atoms with van der Waals surface area (Å²) in [5.41, 5.74) is -1.29. The van der Waals surface area contributed by atoms with Gasteiger partial charge in [0.2, 0.25) is 5.60 Å². The van der Waals surface area contributed by atoms with Crippen LogP contribution in [0.1, 0.15) is 29.2 Å². The minimum atomic E-state index is -4.81. The van der Waals surface area contributed by atoms with Crippen LogP contribution in [0.4, 0.5) is 13.2 Å². The molecule has 5 nitrogen and oxygen atoms in total. The molecule has 22 heavy (non-hydrogen) atoms. The molecule has 122 valence electrons. The summed E-state index contributed by atoms with van der Waals surface area (Å²) in [4.78, 5) is 0. The number of hydrogen-bond acceptors (Lipinski definition) is 4. The number of halogens is 3. The van der Waals surface area contributed by atoms with E-state index in [2.05, 4.69) is 15.5 Å². The van der Waals surface area contributed by atoms with E-state index in [0.717, 1.165) is 17.3 Å². The highest BCUT2D eigenvalue weighted by Gasteiger charge is 2.56. The molecule has 0 aromatic carbocycles. The Kier molecular flexibility index (Phi) is 4.62. The third kappa shape index (κ3) is 3.33. The molecule has 0 spiro atoms. The molecule has 0 saturated carbocycles. The van der Waals surface area contributed by atoms with Gasteiger partial charge in [-0.25, -0.2) is 0 Å². The van der Waals surface area contributed by atoms with E-state index in [9.17, 15) is 18.3 Å². The number of H-pyrrole nitrogens is 1. The fourth-order valence-corrected chi connectivity index (χ4v) is 2.11. The standard InChI is InChI=1S/C14H18F3N3O2/c1-9-3-4-12(22-9)13(21,14(15,16)17)5-6-18-7-11-8-19-20-10(11)2/h3-4,8,18,21H,5-7H2,1-2H3,(H,19,20)/t13-/m0/s1. The van der Waals surface area contributed by atoms with Crippen molar-refractivity contribution in [3.63, 3.8) is 0 Å². The van der Waals surface area contributed by atoms with Gasteiger partial charge in [0.05, 0.1) is 6.20 Å². The maximum Gasteiger partial charge on any atom is 0.424 e. The molecule has 2 aromatic rings. The third-order valence-corrected chi connectivity index (χ3v) is 3.53. The maximum absolute atomic E-state index is 13.2. The lowest BCUT2D eigenvalue weighted by Crippen LogP contribution is -2.44. The molecule has 0 amide bonds. The predicted octanol–water partition coefficient (Wildman–Crippen LogP) is 2.55. The fourth-order valence-electron chi connectivity index (χ4n) is 2.11. The van der Waals surface area contributed by atoms with Crippen LogP contribution in [0.5, 0.6) is 0 Å². The molecule has 0 unspecified atom stereocenters. The molecule has 1 atom stereocenters. The molecular formula is C14H18F3N3O2. The Balaban J connectivity index is 2.01. The zero-order valence-corrected chi connectivity index (χ0v) is 12.3. The Hall–Kier alpha value is -1.80. The second kappa shape index (κ2) is 6.13. The van der Waals surface area contributed by atoms with E-state index in [1.54, 1.807) is 6.20 Å². The summed E-state index contributed by atoms with van der Waals surface area (Å²) < 4.78 is 44.6. The minimum absolute atomic E-state index is 0.0274. The van der Waals surface area contributed by atoms with Crippen molar-refractivity contribution in [3.8, 4) is 0 Å². The summed E-state index contributed by atoms with van der Waals surface area (Å²) in [7, 11) is 0. The number of furan rings is 1. The lowest BCUT2D eigenvalue weighted by molar-refractivity contribution is -0.274. The molecular weight excluding hydrogens is 299 g/mol. The lowest BCUT2D eigenvalue weighted by Gasteiger charge is -2.28. The van der Waals surface area contributed by atoms with Crippen molar-refractivity contribution >= 4 is 0 Å². The van der Waals surface area contributed by atoms with Crippen LogP contribution < -0.4 is 5.32 Å². The van der Waals surface area contributed by atoms with Gasteiger partial charge >= 0.3 is 6.18 Å². The normalized spacial score (nSPS) is 15.0. The number of alkyl halides is 3. The van der Waals surface area contributed by atoms with E-state index in [-0.39, 0.29) is 6.54 Å². The highest BCUT2D eigenvalue weighted by molar-refractivity contribution is 5.16. The van der Waals surface area contributed by atoms with Gasteiger partial charge in [0.1, 0.15) is 11.5 Å². The van der Waals surface area contributed by atoms with Gasteiger partial charge in [0, 0.05) is 24.2 Å². The Labute approximate surface area is 125 Å². The van der Waals surface area contributed by atoms with E-state index in [0.29, 0.717) is 12.3 Å². The second-order valence-corrected chi connectivity index (χ2v) is 5.22. The first-order chi connectivity index (χ1) is 10.2. The molecule has 0 radical (unpaired) electrons. The van der Waals surface area contributed by atoms with Crippen molar-refractivity contribution in [2.24, 2.45) is 0 Å². The first-order valence-electron chi connectivity index (χ1n) is 6.79. The quantitative estimate of drug-likeness (QED) is 0.716. The summed E-state index contributed by atoms with van der Waals surface area (Å²) in [6.07, 6.45) is -3.75. The molecule has 0 aliphatic carbocycles. The summed E-state index contributed by atoms with van der Waals surface area (Å²) in [5, 5.41) is 19.5. The third-order valence-electron chi connectivity index (χ3n) is 3.53. The van der Waals surface area contributed by atoms with Crippen LogP contribution >= 0.6 is 0 Å². The van der Waals surface area contributed by atoms with Gasteiger partial charge in [-0.15, -0.1) is 0 Å². The molecule has 0 saturated heterocycles. The van der Waals surface area contributed by atoms with E-state index >= 15 is 0 Å². The number of aliphatic hydroxyl groups is 1. The average molecular weight is 317 g/mol. The predicted molar refractivity (Wildman–Crippen MR) is 73.0 cm³/mol. The first kappa shape index (κ1) is 16.6. The second-order valence-electron chi connectivity index (χ2n) is 5.22. The van der Waals surface area contributed by atoms with E-state index in [1.807, 2.05) is 6.92 Å².